The minimum atomic E-state index is -0.385. The lowest BCUT2D eigenvalue weighted by Crippen LogP contribution is -2.41. The largest absolute Gasteiger partial charge is 0.465 e. The van der Waals surface area contributed by atoms with Crippen molar-refractivity contribution in [1.29, 1.82) is 0 Å². The van der Waals surface area contributed by atoms with Crippen molar-refractivity contribution in [1.82, 2.24) is 0 Å². The molecule has 0 N–H and O–H groups in total. The van der Waals surface area contributed by atoms with Crippen LogP contribution >= 0.6 is 0 Å². The van der Waals surface area contributed by atoms with Gasteiger partial charge in [-0.15, -0.1) is 0 Å². The smallest absolute Gasteiger partial charge is 0.326 e. The van der Waals surface area contributed by atoms with Gasteiger partial charge < -0.3 is 9.64 Å². The van der Waals surface area contributed by atoms with E-state index in [1.165, 1.54) is 0 Å². The molecule has 1 aliphatic rings. The molecular formula is C24H23NO3. The van der Waals surface area contributed by atoms with Crippen LogP contribution in [0.15, 0.2) is 60.7 Å². The maximum atomic E-state index is 13.0. The molecule has 0 radical (unpaired) electrons. The van der Waals surface area contributed by atoms with E-state index in [0.717, 1.165) is 33.2 Å². The summed E-state index contributed by atoms with van der Waals surface area (Å²) in [5, 5.41) is 2.25. The first-order chi connectivity index (χ1) is 13.6. The molecule has 0 bridgehead atoms. The molecule has 142 valence electrons. The molecule has 0 aromatic heterocycles. The molecule has 4 nitrogen and oxygen atoms in total. The number of carbonyl (C=O) groups is 2. The summed E-state index contributed by atoms with van der Waals surface area (Å²) in [5.41, 5.74) is 4.23. The van der Waals surface area contributed by atoms with Crippen LogP contribution in [0, 0.1) is 6.92 Å². The van der Waals surface area contributed by atoms with E-state index in [2.05, 4.69) is 31.2 Å². The number of rotatable bonds is 4. The zero-order valence-electron chi connectivity index (χ0n) is 16.1. The third-order valence-corrected chi connectivity index (χ3v) is 5.42. The average Bonchev–Trinajstić information content (AvgIpc) is 2.70. The summed E-state index contributed by atoms with van der Waals surface area (Å²) in [6, 6.07) is 20.4. The molecule has 28 heavy (non-hydrogen) atoms. The first kappa shape index (κ1) is 18.2. The van der Waals surface area contributed by atoms with Gasteiger partial charge in [-0.2, -0.15) is 0 Å². The summed E-state index contributed by atoms with van der Waals surface area (Å²) < 4.78 is 5.09. The van der Waals surface area contributed by atoms with Crippen LogP contribution in [0.1, 0.15) is 36.0 Å². The van der Waals surface area contributed by atoms with Gasteiger partial charge in [0.15, 0.2) is 0 Å². The maximum Gasteiger partial charge on any atom is 0.326 e. The fourth-order valence-corrected chi connectivity index (χ4v) is 4.16. The van der Waals surface area contributed by atoms with Crippen LogP contribution < -0.4 is 4.90 Å². The van der Waals surface area contributed by atoms with Gasteiger partial charge in [-0.3, -0.25) is 9.59 Å². The minimum Gasteiger partial charge on any atom is -0.465 e. The fourth-order valence-electron chi connectivity index (χ4n) is 4.16. The summed E-state index contributed by atoms with van der Waals surface area (Å²) in [5.74, 6) is -0.471. The third-order valence-electron chi connectivity index (χ3n) is 5.42. The van der Waals surface area contributed by atoms with Gasteiger partial charge >= 0.3 is 5.97 Å². The summed E-state index contributed by atoms with van der Waals surface area (Å²) in [7, 11) is 0. The van der Waals surface area contributed by atoms with Crippen LogP contribution in [-0.2, 0) is 14.3 Å². The van der Waals surface area contributed by atoms with Crippen molar-refractivity contribution in [2.45, 2.75) is 26.2 Å². The van der Waals surface area contributed by atoms with Crippen LogP contribution in [0.3, 0.4) is 0 Å². The third kappa shape index (κ3) is 3.15. The van der Waals surface area contributed by atoms with Gasteiger partial charge in [0, 0.05) is 18.0 Å². The highest BCUT2D eigenvalue weighted by molar-refractivity contribution is 6.05. The zero-order valence-corrected chi connectivity index (χ0v) is 16.1. The number of anilines is 1. The molecule has 1 unspecified atom stereocenters. The van der Waals surface area contributed by atoms with Crippen molar-refractivity contribution >= 4 is 28.3 Å². The van der Waals surface area contributed by atoms with Crippen LogP contribution in [0.25, 0.3) is 10.8 Å². The number of benzene rings is 3. The fraction of sp³-hybridized carbons (Fsp3) is 0.250. The lowest BCUT2D eigenvalue weighted by Gasteiger charge is -2.35. The van der Waals surface area contributed by atoms with Gasteiger partial charge in [0.05, 0.1) is 6.61 Å². The highest BCUT2D eigenvalue weighted by Crippen LogP contribution is 2.44. The first-order valence-corrected chi connectivity index (χ1v) is 9.63. The van der Waals surface area contributed by atoms with E-state index in [-0.39, 0.29) is 24.3 Å². The molecule has 4 heteroatoms. The van der Waals surface area contributed by atoms with E-state index in [0.29, 0.717) is 13.0 Å². The molecule has 0 saturated heterocycles. The number of amides is 1. The molecule has 3 aromatic carbocycles. The molecule has 0 aliphatic carbocycles. The molecule has 0 fully saturated rings. The number of esters is 1. The van der Waals surface area contributed by atoms with Crippen LogP contribution in [0.5, 0.6) is 0 Å². The lowest BCUT2D eigenvalue weighted by molar-refractivity contribution is -0.142. The van der Waals surface area contributed by atoms with Crippen molar-refractivity contribution in [3.05, 3.63) is 77.4 Å². The van der Waals surface area contributed by atoms with E-state index >= 15 is 0 Å². The van der Waals surface area contributed by atoms with Crippen LogP contribution in [-0.4, -0.2) is 25.0 Å². The van der Waals surface area contributed by atoms with Crippen molar-refractivity contribution in [2.24, 2.45) is 0 Å². The number of fused-ring (bicyclic) bond motifs is 3. The SMILES string of the molecule is CCOC(=O)CN1C(=O)CC(c2ccccc2C)c2c1ccc1ccccc21. The maximum absolute atomic E-state index is 13.0. The summed E-state index contributed by atoms with van der Waals surface area (Å²) in [6.45, 7) is 4.09. The Balaban J connectivity index is 1.91. The van der Waals surface area contributed by atoms with E-state index in [9.17, 15) is 9.59 Å². The number of aryl methyl sites for hydroxylation is 1. The highest BCUT2D eigenvalue weighted by atomic mass is 16.5. The number of hydrogen-bond acceptors (Lipinski definition) is 3. The van der Waals surface area contributed by atoms with Gasteiger partial charge in [0.25, 0.3) is 0 Å². The number of nitrogens with zero attached hydrogens (tertiary/aromatic N) is 1. The Kier molecular flexibility index (Phi) is 4.86. The molecule has 3 aromatic rings. The van der Waals surface area contributed by atoms with Gasteiger partial charge in [-0.05, 0) is 47.4 Å². The summed E-state index contributed by atoms with van der Waals surface area (Å²) >= 11 is 0. The average molecular weight is 373 g/mol. The molecule has 1 amide bonds. The Morgan fingerprint density at radius 1 is 1.07 bits per heavy atom. The molecule has 0 spiro atoms. The highest BCUT2D eigenvalue weighted by Gasteiger charge is 2.35. The molecular weight excluding hydrogens is 350 g/mol. The van der Waals surface area contributed by atoms with Gasteiger partial charge in [0.1, 0.15) is 6.54 Å². The van der Waals surface area contributed by atoms with E-state index in [1.807, 2.05) is 36.4 Å². The monoisotopic (exact) mass is 373 g/mol. The first-order valence-electron chi connectivity index (χ1n) is 9.63. The number of ether oxygens (including phenoxy) is 1. The molecule has 4 rings (SSSR count). The van der Waals surface area contributed by atoms with Crippen molar-refractivity contribution in [2.75, 3.05) is 18.1 Å². The lowest BCUT2D eigenvalue weighted by atomic mass is 9.80. The Labute approximate surface area is 164 Å². The van der Waals surface area contributed by atoms with E-state index < -0.39 is 0 Å². The number of carbonyl (C=O) groups excluding carboxylic acids is 2. The molecule has 0 saturated carbocycles. The van der Waals surface area contributed by atoms with Crippen LogP contribution in [0.2, 0.25) is 0 Å². The van der Waals surface area contributed by atoms with E-state index in [4.69, 9.17) is 4.74 Å². The van der Waals surface area contributed by atoms with Crippen molar-refractivity contribution in [3.63, 3.8) is 0 Å². The standard InChI is InChI=1S/C24H23NO3/c1-3-28-23(27)15-25-21-13-12-17-9-5-7-11-19(17)24(21)20(14-22(25)26)18-10-6-4-8-16(18)2/h4-13,20H,3,14-15H2,1-2H3. The Morgan fingerprint density at radius 2 is 1.82 bits per heavy atom. The summed E-state index contributed by atoms with van der Waals surface area (Å²) in [4.78, 5) is 26.7. The Hall–Kier alpha value is -3.14. The predicted octanol–water partition coefficient (Wildman–Crippen LogP) is 4.58. The number of hydrogen-bond donors (Lipinski definition) is 0. The van der Waals surface area contributed by atoms with E-state index in [1.54, 1.807) is 11.8 Å². The topological polar surface area (TPSA) is 46.6 Å². The zero-order chi connectivity index (χ0) is 19.7. The normalized spacial score (nSPS) is 16.1. The second-order valence-corrected chi connectivity index (χ2v) is 7.12. The second-order valence-electron chi connectivity index (χ2n) is 7.12. The predicted molar refractivity (Wildman–Crippen MR) is 111 cm³/mol. The minimum absolute atomic E-state index is 0.0340. The van der Waals surface area contributed by atoms with Gasteiger partial charge in [0.2, 0.25) is 5.91 Å². The van der Waals surface area contributed by atoms with Gasteiger partial charge in [-0.25, -0.2) is 0 Å². The second kappa shape index (κ2) is 7.47. The van der Waals surface area contributed by atoms with Crippen molar-refractivity contribution in [3.8, 4) is 0 Å². The van der Waals surface area contributed by atoms with Crippen LogP contribution in [0.4, 0.5) is 5.69 Å². The molecule has 1 atom stereocenters. The molecule has 1 heterocycles. The van der Waals surface area contributed by atoms with Crippen molar-refractivity contribution < 1.29 is 14.3 Å². The Bertz CT molecular complexity index is 1060. The summed E-state index contributed by atoms with van der Waals surface area (Å²) in [6.07, 6.45) is 0.339. The molecule has 1 aliphatic heterocycles. The quantitative estimate of drug-likeness (QED) is 0.629. The van der Waals surface area contributed by atoms with Gasteiger partial charge in [-0.1, -0.05) is 54.6 Å². The Morgan fingerprint density at radius 3 is 2.61 bits per heavy atom.